The first-order valence-electron chi connectivity index (χ1n) is 11.5. The maximum absolute atomic E-state index is 13.9. The molecule has 0 aliphatic carbocycles. The Bertz CT molecular complexity index is 1500. The van der Waals surface area contributed by atoms with Crippen molar-refractivity contribution in [2.24, 2.45) is 0 Å². The van der Waals surface area contributed by atoms with Crippen LogP contribution in [0.5, 0.6) is 0 Å². The van der Waals surface area contributed by atoms with E-state index < -0.39 is 0 Å². The van der Waals surface area contributed by atoms with E-state index in [0.29, 0.717) is 0 Å². The number of halogens is 1. The fourth-order valence-corrected chi connectivity index (χ4v) is 5.48. The number of rotatable bonds is 4. The summed E-state index contributed by atoms with van der Waals surface area (Å²) in [5.74, 6) is 0.0731. The van der Waals surface area contributed by atoms with Gasteiger partial charge in [0, 0.05) is 26.5 Å². The molecule has 1 aliphatic rings. The average Bonchev–Trinajstić information content (AvgIpc) is 3.40. The van der Waals surface area contributed by atoms with Crippen molar-refractivity contribution in [2.45, 2.75) is 19.0 Å². The van der Waals surface area contributed by atoms with Crippen molar-refractivity contribution in [3.8, 4) is 11.3 Å². The number of nitrogens with zero attached hydrogens (tertiary/aromatic N) is 1. The van der Waals surface area contributed by atoms with Crippen molar-refractivity contribution < 1.29 is 4.79 Å². The minimum atomic E-state index is -0.200. The van der Waals surface area contributed by atoms with Crippen LogP contribution in [0.4, 0.5) is 0 Å². The molecule has 0 bridgehead atoms. The fraction of sp³-hybridized carbons (Fsp3) is 0.100. The summed E-state index contributed by atoms with van der Waals surface area (Å²) in [5.41, 5.74) is 7.31. The van der Waals surface area contributed by atoms with Gasteiger partial charge in [0.1, 0.15) is 0 Å². The normalized spacial score (nSPS) is 16.1. The second-order valence-electron chi connectivity index (χ2n) is 8.76. The Morgan fingerprint density at radius 2 is 1.50 bits per heavy atom. The summed E-state index contributed by atoms with van der Waals surface area (Å²) >= 11 is 3.56. The van der Waals surface area contributed by atoms with Gasteiger partial charge in [0.2, 0.25) is 0 Å². The quantitative estimate of drug-likeness (QED) is 0.264. The molecule has 0 spiro atoms. The topological polar surface area (TPSA) is 36.1 Å². The lowest BCUT2D eigenvalue weighted by atomic mass is 9.92. The average molecular weight is 507 g/mol. The molecule has 2 heterocycles. The second-order valence-corrected chi connectivity index (χ2v) is 9.67. The van der Waals surface area contributed by atoms with Gasteiger partial charge in [-0.05, 0) is 47.9 Å². The highest BCUT2D eigenvalue weighted by Crippen LogP contribution is 2.48. The molecule has 0 saturated heterocycles. The standard InChI is InChI=1S/C30H23BrN2O/c1-19(20-9-3-2-4-10-20)33-29(23-11-5-6-12-24(23)30(33)34)27-25-13-7-8-14-26(25)32-28(27)21-15-17-22(31)18-16-21/h2-19,29,32H,1H3/t19-,29-/m1/s1. The Kier molecular flexibility index (Phi) is 5.11. The van der Waals surface area contributed by atoms with Crippen LogP contribution in [0.1, 0.15) is 46.1 Å². The molecule has 1 aromatic heterocycles. The third-order valence-corrected chi connectivity index (χ3v) is 7.38. The number of hydrogen-bond donors (Lipinski definition) is 1. The van der Waals surface area contributed by atoms with Crippen LogP contribution < -0.4 is 0 Å². The predicted octanol–water partition coefficient (Wildman–Crippen LogP) is 7.90. The first-order chi connectivity index (χ1) is 16.6. The highest BCUT2D eigenvalue weighted by Gasteiger charge is 2.42. The highest BCUT2D eigenvalue weighted by molar-refractivity contribution is 9.10. The third-order valence-electron chi connectivity index (χ3n) is 6.85. The van der Waals surface area contributed by atoms with E-state index in [1.807, 2.05) is 42.5 Å². The summed E-state index contributed by atoms with van der Waals surface area (Å²) in [4.78, 5) is 19.6. The lowest BCUT2D eigenvalue weighted by Gasteiger charge is -2.32. The maximum atomic E-state index is 13.9. The maximum Gasteiger partial charge on any atom is 0.255 e. The van der Waals surface area contributed by atoms with Gasteiger partial charge in [0.15, 0.2) is 0 Å². The number of hydrogen-bond acceptors (Lipinski definition) is 1. The highest BCUT2D eigenvalue weighted by atomic mass is 79.9. The van der Waals surface area contributed by atoms with Gasteiger partial charge >= 0.3 is 0 Å². The third kappa shape index (κ3) is 3.29. The molecule has 1 amide bonds. The fourth-order valence-electron chi connectivity index (χ4n) is 5.21. The zero-order chi connectivity index (χ0) is 23.2. The summed E-state index contributed by atoms with van der Waals surface area (Å²) in [5, 5.41) is 1.14. The van der Waals surface area contributed by atoms with Crippen molar-refractivity contribution >= 4 is 32.7 Å². The Morgan fingerprint density at radius 1 is 0.824 bits per heavy atom. The molecule has 6 rings (SSSR count). The minimum absolute atomic E-state index is 0.0731. The number of H-pyrrole nitrogens is 1. The number of benzene rings is 4. The van der Waals surface area contributed by atoms with E-state index in [9.17, 15) is 4.79 Å². The summed E-state index contributed by atoms with van der Waals surface area (Å²) in [7, 11) is 0. The first-order valence-corrected chi connectivity index (χ1v) is 12.3. The van der Waals surface area contributed by atoms with Gasteiger partial charge in [-0.2, -0.15) is 0 Å². The molecular weight excluding hydrogens is 484 g/mol. The smallest absolute Gasteiger partial charge is 0.255 e. The predicted molar refractivity (Wildman–Crippen MR) is 141 cm³/mol. The number of aromatic amines is 1. The second kappa shape index (κ2) is 8.30. The molecule has 0 fully saturated rings. The number of fused-ring (bicyclic) bond motifs is 2. The van der Waals surface area contributed by atoms with Gasteiger partial charge in [-0.1, -0.05) is 94.8 Å². The van der Waals surface area contributed by atoms with Crippen molar-refractivity contribution in [1.82, 2.24) is 9.88 Å². The summed E-state index contributed by atoms with van der Waals surface area (Å²) in [6, 6.07) is 34.8. The van der Waals surface area contributed by atoms with Crippen LogP contribution in [0.15, 0.2) is 108 Å². The van der Waals surface area contributed by atoms with Crippen LogP contribution in [-0.2, 0) is 0 Å². The van der Waals surface area contributed by atoms with Gasteiger partial charge in [0.05, 0.1) is 17.8 Å². The van der Waals surface area contributed by atoms with E-state index in [1.165, 1.54) is 0 Å². The molecule has 1 N–H and O–H groups in total. The largest absolute Gasteiger partial charge is 0.354 e. The lowest BCUT2D eigenvalue weighted by molar-refractivity contribution is 0.0678. The molecular formula is C30H23BrN2O. The van der Waals surface area contributed by atoms with Gasteiger partial charge in [0.25, 0.3) is 5.91 Å². The number of nitrogens with one attached hydrogen (secondary N) is 1. The van der Waals surface area contributed by atoms with Crippen LogP contribution in [0.2, 0.25) is 0 Å². The van der Waals surface area contributed by atoms with Crippen molar-refractivity contribution in [3.05, 3.63) is 130 Å². The van der Waals surface area contributed by atoms with Crippen LogP contribution in [0.3, 0.4) is 0 Å². The lowest BCUT2D eigenvalue weighted by Crippen LogP contribution is -2.31. The number of carbonyl (C=O) groups excluding carboxylic acids is 1. The van der Waals surface area contributed by atoms with Crippen LogP contribution in [0, 0.1) is 0 Å². The number of para-hydroxylation sites is 1. The molecule has 4 heteroatoms. The Balaban J connectivity index is 1.62. The minimum Gasteiger partial charge on any atom is -0.354 e. The van der Waals surface area contributed by atoms with Gasteiger partial charge in [-0.3, -0.25) is 4.79 Å². The monoisotopic (exact) mass is 506 g/mol. The van der Waals surface area contributed by atoms with E-state index in [4.69, 9.17) is 0 Å². The zero-order valence-corrected chi connectivity index (χ0v) is 20.3. The molecule has 166 valence electrons. The van der Waals surface area contributed by atoms with Crippen molar-refractivity contribution in [2.75, 3.05) is 0 Å². The molecule has 1 aliphatic heterocycles. The molecule has 0 unspecified atom stereocenters. The van der Waals surface area contributed by atoms with Gasteiger partial charge < -0.3 is 9.88 Å². The summed E-state index contributed by atoms with van der Waals surface area (Å²) in [6.07, 6.45) is 0. The zero-order valence-electron chi connectivity index (χ0n) is 18.7. The van der Waals surface area contributed by atoms with Crippen LogP contribution >= 0.6 is 15.9 Å². The first kappa shape index (κ1) is 20.9. The van der Waals surface area contributed by atoms with Crippen LogP contribution in [0.25, 0.3) is 22.2 Å². The molecule has 34 heavy (non-hydrogen) atoms. The number of amides is 1. The van der Waals surface area contributed by atoms with Crippen molar-refractivity contribution in [3.63, 3.8) is 0 Å². The summed E-state index contributed by atoms with van der Waals surface area (Å²) < 4.78 is 1.04. The van der Waals surface area contributed by atoms with Crippen molar-refractivity contribution in [1.29, 1.82) is 0 Å². The van der Waals surface area contributed by atoms with Gasteiger partial charge in [-0.15, -0.1) is 0 Å². The SMILES string of the molecule is C[C@H](c1ccccc1)N1C(=O)c2ccccc2[C@@H]1c1c(-c2ccc(Br)cc2)[nH]c2ccccc12. The van der Waals surface area contributed by atoms with E-state index in [0.717, 1.165) is 48.9 Å². The molecule has 2 atom stereocenters. The Hall–Kier alpha value is -3.63. The molecule has 0 saturated carbocycles. The van der Waals surface area contributed by atoms with E-state index in [-0.39, 0.29) is 18.0 Å². The Morgan fingerprint density at radius 3 is 2.29 bits per heavy atom. The van der Waals surface area contributed by atoms with Gasteiger partial charge in [-0.25, -0.2) is 0 Å². The molecule has 0 radical (unpaired) electrons. The van der Waals surface area contributed by atoms with E-state index in [2.05, 4.69) is 93.4 Å². The van der Waals surface area contributed by atoms with E-state index >= 15 is 0 Å². The molecule has 4 aromatic carbocycles. The Labute approximate surface area is 207 Å². The number of aromatic nitrogens is 1. The molecule has 5 aromatic rings. The van der Waals surface area contributed by atoms with E-state index in [1.54, 1.807) is 0 Å². The molecule has 3 nitrogen and oxygen atoms in total. The number of carbonyl (C=O) groups is 1. The van der Waals surface area contributed by atoms with Crippen LogP contribution in [-0.4, -0.2) is 15.8 Å². The summed E-state index contributed by atoms with van der Waals surface area (Å²) in [6.45, 7) is 2.13.